The average Bonchev–Trinajstić information content (AvgIpc) is 2.47. The zero-order chi connectivity index (χ0) is 15.2. The van der Waals surface area contributed by atoms with Crippen LogP contribution in [0.2, 0.25) is 0 Å². The summed E-state index contributed by atoms with van der Waals surface area (Å²) in [5.41, 5.74) is 2.08. The van der Waals surface area contributed by atoms with Crippen molar-refractivity contribution in [3.8, 4) is 5.75 Å². The topological polar surface area (TPSA) is 29.5 Å². The number of hydrogen-bond acceptors (Lipinski definition) is 2. The van der Waals surface area contributed by atoms with Crippen molar-refractivity contribution < 1.29 is 14.2 Å². The highest BCUT2D eigenvalue weighted by Crippen LogP contribution is 2.19. The van der Waals surface area contributed by atoms with Gasteiger partial charge in [0.05, 0.1) is 10.6 Å². The van der Waals surface area contributed by atoms with Crippen LogP contribution in [0.15, 0.2) is 46.9 Å². The van der Waals surface area contributed by atoms with E-state index in [0.717, 1.165) is 24.2 Å². The van der Waals surface area contributed by atoms with Gasteiger partial charge in [0.1, 0.15) is 18.2 Å². The molecule has 0 saturated carbocycles. The third-order valence-electron chi connectivity index (χ3n) is 3.16. The van der Waals surface area contributed by atoms with Gasteiger partial charge in [-0.15, -0.1) is 0 Å². The van der Waals surface area contributed by atoms with Gasteiger partial charge in [-0.3, -0.25) is 0 Å². The second kappa shape index (κ2) is 7.57. The lowest BCUT2D eigenvalue weighted by Gasteiger charge is -2.08. The van der Waals surface area contributed by atoms with E-state index in [1.165, 1.54) is 11.6 Å². The molecule has 112 valence electrons. The van der Waals surface area contributed by atoms with Crippen LogP contribution in [0, 0.1) is 5.82 Å². The van der Waals surface area contributed by atoms with E-state index in [2.05, 4.69) is 15.9 Å². The second-order valence-electron chi connectivity index (χ2n) is 5.07. The van der Waals surface area contributed by atoms with Gasteiger partial charge in [-0.05, 0) is 71.1 Å². The molecule has 0 saturated heterocycles. The van der Waals surface area contributed by atoms with Crippen LogP contribution in [0.25, 0.3) is 0 Å². The van der Waals surface area contributed by atoms with Gasteiger partial charge in [-0.1, -0.05) is 18.2 Å². The number of hydrogen-bond donors (Lipinski definition) is 1. The first-order valence-electron chi connectivity index (χ1n) is 6.88. The van der Waals surface area contributed by atoms with Gasteiger partial charge in [-0.2, -0.15) is 0 Å². The first-order valence-corrected chi connectivity index (χ1v) is 7.67. The fourth-order valence-electron chi connectivity index (χ4n) is 1.92. The number of benzene rings is 2. The lowest BCUT2D eigenvalue weighted by atomic mass is 10.1. The van der Waals surface area contributed by atoms with Crippen molar-refractivity contribution in [2.75, 3.05) is 0 Å². The van der Waals surface area contributed by atoms with E-state index in [1.807, 2.05) is 24.3 Å². The van der Waals surface area contributed by atoms with E-state index < -0.39 is 0 Å². The van der Waals surface area contributed by atoms with Gasteiger partial charge in [0, 0.05) is 0 Å². The van der Waals surface area contributed by atoms with Crippen LogP contribution in [-0.4, -0.2) is 11.2 Å². The molecular formula is C17H18BrFO2. The average molecular weight is 353 g/mol. The van der Waals surface area contributed by atoms with Crippen LogP contribution in [0.3, 0.4) is 0 Å². The summed E-state index contributed by atoms with van der Waals surface area (Å²) in [4.78, 5) is 0. The Kier molecular flexibility index (Phi) is 5.76. The minimum Gasteiger partial charge on any atom is -0.489 e. The lowest BCUT2D eigenvalue weighted by molar-refractivity contribution is 0.185. The van der Waals surface area contributed by atoms with Gasteiger partial charge in [0.2, 0.25) is 0 Å². The predicted molar refractivity (Wildman–Crippen MR) is 84.9 cm³/mol. The molecule has 0 aliphatic rings. The van der Waals surface area contributed by atoms with E-state index >= 15 is 0 Å². The highest BCUT2D eigenvalue weighted by Gasteiger charge is 2.02. The van der Waals surface area contributed by atoms with E-state index in [9.17, 15) is 9.50 Å². The maximum absolute atomic E-state index is 13.1. The predicted octanol–water partition coefficient (Wildman–Crippen LogP) is 4.48. The molecule has 0 bridgehead atoms. The minimum atomic E-state index is -0.280. The van der Waals surface area contributed by atoms with Crippen molar-refractivity contribution in [1.29, 1.82) is 0 Å². The van der Waals surface area contributed by atoms with E-state index in [0.29, 0.717) is 11.1 Å². The number of aliphatic hydroxyl groups excluding tert-OH is 1. The summed E-state index contributed by atoms with van der Waals surface area (Å²) < 4.78 is 19.2. The summed E-state index contributed by atoms with van der Waals surface area (Å²) in [6.45, 7) is 2.18. The molecule has 0 aliphatic carbocycles. The monoisotopic (exact) mass is 352 g/mol. The molecule has 2 aromatic carbocycles. The van der Waals surface area contributed by atoms with Crippen molar-refractivity contribution in [3.63, 3.8) is 0 Å². The van der Waals surface area contributed by atoms with Crippen LogP contribution in [0.4, 0.5) is 4.39 Å². The van der Waals surface area contributed by atoms with Crippen LogP contribution in [-0.2, 0) is 13.0 Å². The van der Waals surface area contributed by atoms with Crippen molar-refractivity contribution >= 4 is 15.9 Å². The second-order valence-corrected chi connectivity index (χ2v) is 5.92. The number of aryl methyl sites for hydroxylation is 1. The minimum absolute atomic E-state index is 0.277. The molecule has 2 aromatic rings. The highest BCUT2D eigenvalue weighted by atomic mass is 79.9. The summed E-state index contributed by atoms with van der Waals surface area (Å²) in [7, 11) is 0. The molecule has 1 unspecified atom stereocenters. The molecule has 0 amide bonds. The fraction of sp³-hybridized carbons (Fsp3) is 0.294. The summed E-state index contributed by atoms with van der Waals surface area (Å²) in [6, 6.07) is 12.7. The maximum Gasteiger partial charge on any atom is 0.137 e. The molecule has 0 heterocycles. The molecule has 1 N–H and O–H groups in total. The van der Waals surface area contributed by atoms with Gasteiger partial charge >= 0.3 is 0 Å². The van der Waals surface area contributed by atoms with Crippen LogP contribution >= 0.6 is 15.9 Å². The Morgan fingerprint density at radius 3 is 2.43 bits per heavy atom. The smallest absolute Gasteiger partial charge is 0.137 e. The van der Waals surface area contributed by atoms with E-state index in [1.54, 1.807) is 19.1 Å². The lowest BCUT2D eigenvalue weighted by Crippen LogP contribution is -2.01. The summed E-state index contributed by atoms with van der Waals surface area (Å²) >= 11 is 3.16. The van der Waals surface area contributed by atoms with Gasteiger partial charge < -0.3 is 9.84 Å². The van der Waals surface area contributed by atoms with Crippen LogP contribution < -0.4 is 4.74 Å². The van der Waals surface area contributed by atoms with E-state index in [-0.39, 0.29) is 11.9 Å². The van der Waals surface area contributed by atoms with Crippen molar-refractivity contribution in [2.45, 2.75) is 32.5 Å². The third-order valence-corrected chi connectivity index (χ3v) is 3.77. The number of aliphatic hydroxyl groups is 1. The van der Waals surface area contributed by atoms with Gasteiger partial charge in [0.15, 0.2) is 0 Å². The molecule has 0 spiro atoms. The Morgan fingerprint density at radius 1 is 1.14 bits per heavy atom. The van der Waals surface area contributed by atoms with Crippen LogP contribution in [0.1, 0.15) is 24.5 Å². The number of halogens is 2. The van der Waals surface area contributed by atoms with Gasteiger partial charge in [0.25, 0.3) is 0 Å². The number of ether oxygens (including phenoxy) is 1. The normalized spacial score (nSPS) is 12.2. The molecule has 1 atom stereocenters. The Bertz CT molecular complexity index is 582. The Labute approximate surface area is 132 Å². The van der Waals surface area contributed by atoms with Crippen molar-refractivity contribution in [2.24, 2.45) is 0 Å². The molecule has 2 rings (SSSR count). The Hall–Kier alpha value is -1.39. The molecule has 0 fully saturated rings. The molecular weight excluding hydrogens is 335 g/mol. The highest BCUT2D eigenvalue weighted by molar-refractivity contribution is 9.10. The fourth-order valence-corrected chi connectivity index (χ4v) is 2.35. The maximum atomic E-state index is 13.1. The molecule has 0 radical (unpaired) electrons. The first kappa shape index (κ1) is 16.0. The standard InChI is InChI=1S/C17H18BrFO2/c1-12(20)2-3-13-4-7-15(8-5-13)21-11-14-6-9-17(19)16(18)10-14/h4-10,12,20H,2-3,11H2,1H3. The summed E-state index contributed by atoms with van der Waals surface area (Å²) in [5, 5.41) is 9.27. The summed E-state index contributed by atoms with van der Waals surface area (Å²) in [5.74, 6) is 0.498. The Morgan fingerprint density at radius 2 is 1.81 bits per heavy atom. The first-order chi connectivity index (χ1) is 10.0. The largest absolute Gasteiger partial charge is 0.489 e. The van der Waals surface area contributed by atoms with E-state index in [4.69, 9.17) is 4.74 Å². The zero-order valence-electron chi connectivity index (χ0n) is 11.9. The van der Waals surface area contributed by atoms with Crippen molar-refractivity contribution in [3.05, 3.63) is 63.9 Å². The molecule has 21 heavy (non-hydrogen) atoms. The number of rotatable bonds is 6. The molecule has 2 nitrogen and oxygen atoms in total. The molecule has 0 aliphatic heterocycles. The SMILES string of the molecule is CC(O)CCc1ccc(OCc2ccc(F)c(Br)c2)cc1. The quantitative estimate of drug-likeness (QED) is 0.830. The molecule has 4 heteroatoms. The third kappa shape index (κ3) is 5.14. The van der Waals surface area contributed by atoms with Gasteiger partial charge in [-0.25, -0.2) is 4.39 Å². The van der Waals surface area contributed by atoms with Crippen molar-refractivity contribution in [1.82, 2.24) is 0 Å². The summed E-state index contributed by atoms with van der Waals surface area (Å²) in [6.07, 6.45) is 1.32. The Balaban J connectivity index is 1.89. The zero-order valence-corrected chi connectivity index (χ0v) is 13.4. The van der Waals surface area contributed by atoms with Crippen LogP contribution in [0.5, 0.6) is 5.75 Å². The molecule has 0 aromatic heterocycles.